The first-order valence-corrected chi connectivity index (χ1v) is 6.76. The Balaban J connectivity index is 2.26. The van der Waals surface area contributed by atoms with Crippen LogP contribution < -0.4 is 10.1 Å². The van der Waals surface area contributed by atoms with Crippen LogP contribution in [0.4, 0.5) is 0 Å². The summed E-state index contributed by atoms with van der Waals surface area (Å²) in [6.45, 7) is 7.19. The largest absolute Gasteiger partial charge is 0.491 e. The fourth-order valence-electron chi connectivity index (χ4n) is 1.69. The molecule has 3 N–H and O–H groups in total. The second kappa shape index (κ2) is 8.15. The quantitative estimate of drug-likeness (QED) is 0.623. The molecule has 2 unspecified atom stereocenters. The molecule has 1 aromatic carbocycles. The first-order valence-electron chi connectivity index (χ1n) is 6.76. The second-order valence-electron chi connectivity index (χ2n) is 5.08. The lowest BCUT2D eigenvalue weighted by atomic mass is 10.1. The van der Waals surface area contributed by atoms with Crippen molar-refractivity contribution in [1.29, 1.82) is 0 Å². The molecule has 0 heterocycles. The van der Waals surface area contributed by atoms with Gasteiger partial charge >= 0.3 is 0 Å². The van der Waals surface area contributed by atoms with E-state index < -0.39 is 6.10 Å². The Morgan fingerprint density at radius 1 is 1.26 bits per heavy atom. The van der Waals surface area contributed by atoms with E-state index in [1.165, 1.54) is 0 Å². The van der Waals surface area contributed by atoms with Gasteiger partial charge in [-0.25, -0.2) is 0 Å². The SMILES string of the molecule is Cc1ccc(C)c(OCC(O)CNCCC(C)O)c1. The van der Waals surface area contributed by atoms with E-state index in [1.807, 2.05) is 32.0 Å². The highest BCUT2D eigenvalue weighted by Crippen LogP contribution is 2.19. The smallest absolute Gasteiger partial charge is 0.122 e. The van der Waals surface area contributed by atoms with Crippen LogP contribution in [0.2, 0.25) is 0 Å². The predicted molar refractivity (Wildman–Crippen MR) is 76.6 cm³/mol. The van der Waals surface area contributed by atoms with Gasteiger partial charge in [0.2, 0.25) is 0 Å². The van der Waals surface area contributed by atoms with Crippen molar-refractivity contribution >= 4 is 0 Å². The monoisotopic (exact) mass is 267 g/mol. The van der Waals surface area contributed by atoms with E-state index in [0.717, 1.165) is 16.9 Å². The van der Waals surface area contributed by atoms with Crippen LogP contribution in [0.5, 0.6) is 5.75 Å². The van der Waals surface area contributed by atoms with Crippen molar-refractivity contribution in [3.8, 4) is 5.75 Å². The molecule has 0 saturated carbocycles. The molecule has 1 rings (SSSR count). The number of hydrogen-bond donors (Lipinski definition) is 3. The van der Waals surface area contributed by atoms with E-state index in [1.54, 1.807) is 6.92 Å². The third-order valence-electron chi connectivity index (χ3n) is 2.89. The van der Waals surface area contributed by atoms with E-state index in [9.17, 15) is 5.11 Å². The van der Waals surface area contributed by atoms with Crippen LogP contribution in [-0.4, -0.2) is 42.1 Å². The van der Waals surface area contributed by atoms with Crippen LogP contribution in [0.15, 0.2) is 18.2 Å². The van der Waals surface area contributed by atoms with Crippen molar-refractivity contribution in [3.63, 3.8) is 0 Å². The number of aliphatic hydroxyl groups excluding tert-OH is 2. The molecule has 0 saturated heterocycles. The summed E-state index contributed by atoms with van der Waals surface area (Å²) in [4.78, 5) is 0. The summed E-state index contributed by atoms with van der Waals surface area (Å²) in [5, 5.41) is 22.0. The lowest BCUT2D eigenvalue weighted by Gasteiger charge is -2.15. The Bertz CT molecular complexity index is 380. The normalized spacial score (nSPS) is 14.2. The lowest BCUT2D eigenvalue weighted by molar-refractivity contribution is 0.104. The van der Waals surface area contributed by atoms with Crippen molar-refractivity contribution in [2.45, 2.75) is 39.4 Å². The molecule has 0 aliphatic carbocycles. The summed E-state index contributed by atoms with van der Waals surface area (Å²) in [5.74, 6) is 0.822. The van der Waals surface area contributed by atoms with Gasteiger partial charge in [-0.05, 0) is 50.9 Å². The van der Waals surface area contributed by atoms with Gasteiger partial charge in [0.25, 0.3) is 0 Å². The Hall–Kier alpha value is -1.10. The standard InChI is InChI=1S/C15H25NO3/c1-11-4-5-12(2)15(8-11)19-10-14(18)9-16-7-6-13(3)17/h4-5,8,13-14,16-18H,6-7,9-10H2,1-3H3. The molecule has 4 nitrogen and oxygen atoms in total. The molecular weight excluding hydrogens is 242 g/mol. The zero-order valence-corrected chi connectivity index (χ0v) is 12.0. The first-order chi connectivity index (χ1) is 8.99. The molecule has 1 aromatic rings. The van der Waals surface area contributed by atoms with Crippen LogP contribution in [0.3, 0.4) is 0 Å². The lowest BCUT2D eigenvalue weighted by Crippen LogP contribution is -2.32. The molecular formula is C15H25NO3. The maximum Gasteiger partial charge on any atom is 0.122 e. The minimum Gasteiger partial charge on any atom is -0.491 e. The molecule has 0 aromatic heterocycles. The number of ether oxygens (including phenoxy) is 1. The van der Waals surface area contributed by atoms with Crippen molar-refractivity contribution in [2.75, 3.05) is 19.7 Å². The Kier molecular flexibility index (Phi) is 6.84. The minimum absolute atomic E-state index is 0.270. The maximum absolute atomic E-state index is 9.79. The average Bonchev–Trinajstić information content (AvgIpc) is 2.35. The molecule has 0 fully saturated rings. The molecule has 19 heavy (non-hydrogen) atoms. The van der Waals surface area contributed by atoms with E-state index in [4.69, 9.17) is 9.84 Å². The summed E-state index contributed by atoms with van der Waals surface area (Å²) >= 11 is 0. The zero-order chi connectivity index (χ0) is 14.3. The van der Waals surface area contributed by atoms with Crippen LogP contribution in [0, 0.1) is 13.8 Å². The average molecular weight is 267 g/mol. The molecule has 0 bridgehead atoms. The highest BCUT2D eigenvalue weighted by atomic mass is 16.5. The fourth-order valence-corrected chi connectivity index (χ4v) is 1.69. The van der Waals surface area contributed by atoms with Gasteiger partial charge in [-0.2, -0.15) is 0 Å². The van der Waals surface area contributed by atoms with Gasteiger partial charge in [0.1, 0.15) is 18.5 Å². The van der Waals surface area contributed by atoms with E-state index in [2.05, 4.69) is 5.32 Å². The van der Waals surface area contributed by atoms with Gasteiger partial charge in [0, 0.05) is 6.54 Å². The van der Waals surface area contributed by atoms with Gasteiger partial charge in [0.15, 0.2) is 0 Å². The van der Waals surface area contributed by atoms with E-state index in [0.29, 0.717) is 19.5 Å². The van der Waals surface area contributed by atoms with Gasteiger partial charge in [-0.15, -0.1) is 0 Å². The number of hydrogen-bond acceptors (Lipinski definition) is 4. The fraction of sp³-hybridized carbons (Fsp3) is 0.600. The number of nitrogens with one attached hydrogen (secondary N) is 1. The molecule has 0 spiro atoms. The van der Waals surface area contributed by atoms with Gasteiger partial charge < -0.3 is 20.3 Å². The van der Waals surface area contributed by atoms with Crippen molar-refractivity contribution in [2.24, 2.45) is 0 Å². The zero-order valence-electron chi connectivity index (χ0n) is 12.0. The Morgan fingerprint density at radius 3 is 2.68 bits per heavy atom. The van der Waals surface area contributed by atoms with Crippen LogP contribution in [0.1, 0.15) is 24.5 Å². The molecule has 0 aliphatic heterocycles. The highest BCUT2D eigenvalue weighted by molar-refractivity contribution is 5.35. The Labute approximate surface area is 115 Å². The first kappa shape index (κ1) is 16.0. The summed E-state index contributed by atoms with van der Waals surface area (Å²) in [7, 11) is 0. The van der Waals surface area contributed by atoms with Crippen LogP contribution >= 0.6 is 0 Å². The number of rotatable bonds is 8. The topological polar surface area (TPSA) is 61.7 Å². The van der Waals surface area contributed by atoms with Gasteiger partial charge in [-0.3, -0.25) is 0 Å². The van der Waals surface area contributed by atoms with Crippen molar-refractivity contribution in [1.82, 2.24) is 5.32 Å². The van der Waals surface area contributed by atoms with Gasteiger partial charge in [-0.1, -0.05) is 12.1 Å². The van der Waals surface area contributed by atoms with Crippen molar-refractivity contribution < 1.29 is 14.9 Å². The molecule has 2 atom stereocenters. The van der Waals surface area contributed by atoms with Crippen LogP contribution in [0.25, 0.3) is 0 Å². The van der Waals surface area contributed by atoms with Crippen LogP contribution in [-0.2, 0) is 0 Å². The molecule has 0 aliphatic rings. The summed E-state index contributed by atoms with van der Waals surface area (Å²) in [5.41, 5.74) is 2.21. The molecule has 0 radical (unpaired) electrons. The summed E-state index contributed by atoms with van der Waals surface area (Å²) in [6.07, 6.45) is -0.172. The van der Waals surface area contributed by atoms with Crippen molar-refractivity contribution in [3.05, 3.63) is 29.3 Å². The predicted octanol–water partition coefficient (Wildman–Crippen LogP) is 1.40. The van der Waals surface area contributed by atoms with E-state index in [-0.39, 0.29) is 12.7 Å². The van der Waals surface area contributed by atoms with E-state index >= 15 is 0 Å². The number of benzene rings is 1. The third kappa shape index (κ3) is 6.57. The van der Waals surface area contributed by atoms with Gasteiger partial charge in [0.05, 0.1) is 6.10 Å². The minimum atomic E-state index is -0.547. The second-order valence-corrected chi connectivity index (χ2v) is 5.08. The maximum atomic E-state index is 9.79. The third-order valence-corrected chi connectivity index (χ3v) is 2.89. The summed E-state index contributed by atoms with van der Waals surface area (Å²) in [6, 6.07) is 6.02. The number of aryl methyl sites for hydroxylation is 2. The molecule has 108 valence electrons. The molecule has 0 amide bonds. The Morgan fingerprint density at radius 2 is 2.00 bits per heavy atom. The number of aliphatic hydroxyl groups is 2. The summed E-state index contributed by atoms with van der Waals surface area (Å²) < 4.78 is 5.62. The molecule has 4 heteroatoms. The highest BCUT2D eigenvalue weighted by Gasteiger charge is 2.07.